The minimum atomic E-state index is -0.511. The molecule has 0 aliphatic carbocycles. The largest absolute Gasteiger partial charge is 0.489 e. The molecule has 0 bridgehead atoms. The first kappa shape index (κ1) is 18.8. The Hall–Kier alpha value is -3.52. The van der Waals surface area contributed by atoms with E-state index in [2.05, 4.69) is 20.3 Å². The number of fused-ring (bicyclic) bond motifs is 1. The molecular weight excluding hydrogens is 391 g/mol. The fourth-order valence-corrected chi connectivity index (χ4v) is 3.13. The smallest absolute Gasteiger partial charge is 0.253 e. The molecule has 0 atom stereocenters. The topological polar surface area (TPSA) is 82.8 Å². The van der Waals surface area contributed by atoms with Crippen LogP contribution in [0.4, 0.5) is 4.39 Å². The summed E-state index contributed by atoms with van der Waals surface area (Å²) in [5, 5.41) is 2.80. The number of imidazole rings is 1. The van der Waals surface area contributed by atoms with Gasteiger partial charge < -0.3 is 20.0 Å². The van der Waals surface area contributed by atoms with Crippen LogP contribution in [-0.4, -0.2) is 20.9 Å². The molecule has 0 saturated heterocycles. The highest BCUT2D eigenvalue weighted by Gasteiger charge is 2.14. The molecule has 2 aromatic heterocycles. The summed E-state index contributed by atoms with van der Waals surface area (Å²) in [5.41, 5.74) is 3.00. The van der Waals surface area contributed by atoms with Gasteiger partial charge in [-0.2, -0.15) is 0 Å². The quantitative estimate of drug-likeness (QED) is 0.416. The maximum Gasteiger partial charge on any atom is 0.253 e. The molecule has 0 fully saturated rings. The number of nitrogens with zero attached hydrogens (tertiary/aromatic N) is 1. The van der Waals surface area contributed by atoms with Crippen LogP contribution in [0.1, 0.15) is 21.5 Å². The van der Waals surface area contributed by atoms with Crippen LogP contribution in [0.25, 0.3) is 11.0 Å². The van der Waals surface area contributed by atoms with Crippen molar-refractivity contribution in [3.8, 4) is 5.75 Å². The molecule has 3 N–H and O–H groups in total. The number of amides is 1. The summed E-state index contributed by atoms with van der Waals surface area (Å²) < 4.78 is 19.9. The summed E-state index contributed by atoms with van der Waals surface area (Å²) in [7, 11) is 0. The highest BCUT2D eigenvalue weighted by atomic mass is 32.1. The molecule has 2 heterocycles. The van der Waals surface area contributed by atoms with Crippen LogP contribution < -0.4 is 10.1 Å². The number of hydrogen-bond acceptors (Lipinski definition) is 4. The van der Waals surface area contributed by atoms with E-state index in [1.165, 1.54) is 12.1 Å². The van der Waals surface area contributed by atoms with Crippen LogP contribution in [0, 0.1) is 10.6 Å². The monoisotopic (exact) mass is 408 g/mol. The second-order valence-corrected chi connectivity index (χ2v) is 6.84. The van der Waals surface area contributed by atoms with Crippen molar-refractivity contribution in [2.24, 2.45) is 0 Å². The van der Waals surface area contributed by atoms with E-state index in [0.29, 0.717) is 29.0 Å². The van der Waals surface area contributed by atoms with Gasteiger partial charge >= 0.3 is 0 Å². The highest BCUT2D eigenvalue weighted by molar-refractivity contribution is 7.71. The number of aromatic amines is 2. The number of pyridine rings is 1. The van der Waals surface area contributed by atoms with Gasteiger partial charge in [0.2, 0.25) is 0 Å². The molecule has 0 spiro atoms. The molecule has 4 rings (SSSR count). The van der Waals surface area contributed by atoms with E-state index in [-0.39, 0.29) is 5.56 Å². The Kier molecular flexibility index (Phi) is 5.35. The Morgan fingerprint density at radius 2 is 1.97 bits per heavy atom. The van der Waals surface area contributed by atoms with Crippen molar-refractivity contribution in [1.29, 1.82) is 0 Å². The average molecular weight is 408 g/mol. The second kappa shape index (κ2) is 8.24. The molecule has 4 aromatic rings. The molecule has 8 heteroatoms. The molecule has 6 nitrogen and oxygen atoms in total. The molecule has 0 aliphatic heterocycles. The van der Waals surface area contributed by atoms with Crippen molar-refractivity contribution >= 4 is 29.2 Å². The Morgan fingerprint density at radius 3 is 2.72 bits per heavy atom. The molecule has 0 unspecified atom stereocenters. The lowest BCUT2D eigenvalue weighted by molar-refractivity contribution is 0.0952. The third kappa shape index (κ3) is 4.49. The van der Waals surface area contributed by atoms with Crippen molar-refractivity contribution in [2.45, 2.75) is 13.2 Å². The molecule has 0 aliphatic rings. The number of aromatic nitrogens is 3. The van der Waals surface area contributed by atoms with Gasteiger partial charge in [-0.15, -0.1) is 0 Å². The fraction of sp³-hybridized carbons (Fsp3) is 0.0952. The standard InChI is InChI=1S/C21H17FN4O2S/c22-15-8-17(19-18(9-15)25-21(29)26-19)20(27)24-11-13-3-5-16(6-4-13)28-12-14-2-1-7-23-10-14/h1-10H,11-12H2,(H,24,27)(H2,25,26,29). The lowest BCUT2D eigenvalue weighted by atomic mass is 10.1. The van der Waals surface area contributed by atoms with Gasteiger partial charge in [-0.05, 0) is 48.1 Å². The van der Waals surface area contributed by atoms with Crippen LogP contribution in [-0.2, 0) is 13.2 Å². The lowest BCUT2D eigenvalue weighted by Gasteiger charge is -2.09. The molecule has 1 amide bonds. The van der Waals surface area contributed by atoms with Crippen LogP contribution in [0.3, 0.4) is 0 Å². The number of halogens is 1. The van der Waals surface area contributed by atoms with E-state index in [0.717, 1.165) is 16.9 Å². The second-order valence-electron chi connectivity index (χ2n) is 6.43. The maximum absolute atomic E-state index is 13.8. The predicted octanol–water partition coefficient (Wildman–Crippen LogP) is 4.27. The summed E-state index contributed by atoms with van der Waals surface area (Å²) >= 11 is 5.03. The molecule has 29 heavy (non-hydrogen) atoms. The number of H-pyrrole nitrogens is 2. The Morgan fingerprint density at radius 1 is 1.14 bits per heavy atom. The molecule has 2 aromatic carbocycles. The van der Waals surface area contributed by atoms with Gasteiger partial charge in [0.25, 0.3) is 5.91 Å². The predicted molar refractivity (Wildman–Crippen MR) is 110 cm³/mol. The minimum absolute atomic E-state index is 0.198. The first-order chi connectivity index (χ1) is 14.1. The van der Waals surface area contributed by atoms with Crippen molar-refractivity contribution < 1.29 is 13.9 Å². The van der Waals surface area contributed by atoms with E-state index < -0.39 is 11.7 Å². The van der Waals surface area contributed by atoms with Crippen molar-refractivity contribution in [2.75, 3.05) is 0 Å². The highest BCUT2D eigenvalue weighted by Crippen LogP contribution is 2.18. The van der Waals surface area contributed by atoms with E-state index >= 15 is 0 Å². The van der Waals surface area contributed by atoms with E-state index in [1.54, 1.807) is 12.4 Å². The van der Waals surface area contributed by atoms with Gasteiger partial charge in [-0.25, -0.2) is 4.39 Å². The van der Waals surface area contributed by atoms with Gasteiger partial charge in [0, 0.05) is 24.5 Å². The van der Waals surface area contributed by atoms with Gasteiger partial charge in [0.05, 0.1) is 16.6 Å². The summed E-state index contributed by atoms with van der Waals surface area (Å²) in [6.45, 7) is 0.725. The first-order valence-corrected chi connectivity index (χ1v) is 9.30. The number of carbonyl (C=O) groups excluding carboxylic acids is 1. The van der Waals surface area contributed by atoms with E-state index in [9.17, 15) is 9.18 Å². The van der Waals surface area contributed by atoms with Gasteiger partial charge in [-0.3, -0.25) is 9.78 Å². The zero-order valence-corrected chi connectivity index (χ0v) is 16.1. The Labute approximate surface area is 170 Å². The molecular formula is C21H17FN4O2S. The summed E-state index contributed by atoms with van der Waals surface area (Å²) in [4.78, 5) is 22.3. The third-order valence-electron chi connectivity index (χ3n) is 4.34. The van der Waals surface area contributed by atoms with Gasteiger partial charge in [0.1, 0.15) is 18.2 Å². The average Bonchev–Trinajstić information content (AvgIpc) is 3.11. The van der Waals surface area contributed by atoms with Crippen LogP contribution in [0.15, 0.2) is 60.9 Å². The van der Waals surface area contributed by atoms with Crippen molar-refractivity contribution in [3.63, 3.8) is 0 Å². The normalized spacial score (nSPS) is 10.8. The van der Waals surface area contributed by atoms with Gasteiger partial charge in [-0.1, -0.05) is 18.2 Å². The van der Waals surface area contributed by atoms with Gasteiger partial charge in [0.15, 0.2) is 4.77 Å². The van der Waals surface area contributed by atoms with E-state index in [4.69, 9.17) is 17.0 Å². The maximum atomic E-state index is 13.8. The van der Waals surface area contributed by atoms with Crippen LogP contribution in [0.2, 0.25) is 0 Å². The zero-order chi connectivity index (χ0) is 20.2. The number of nitrogens with one attached hydrogen (secondary N) is 3. The number of rotatable bonds is 6. The third-order valence-corrected chi connectivity index (χ3v) is 4.54. The van der Waals surface area contributed by atoms with Crippen molar-refractivity contribution in [3.05, 3.63) is 88.2 Å². The Bertz CT molecular complexity index is 1200. The fourth-order valence-electron chi connectivity index (χ4n) is 2.92. The molecule has 0 saturated carbocycles. The SMILES string of the molecule is O=C(NCc1ccc(OCc2cccnc2)cc1)c1cc(F)cc2[nH]c(=S)[nH]c12. The number of ether oxygens (including phenoxy) is 1. The van der Waals surface area contributed by atoms with Crippen LogP contribution in [0.5, 0.6) is 5.75 Å². The number of hydrogen-bond donors (Lipinski definition) is 3. The molecule has 0 radical (unpaired) electrons. The summed E-state index contributed by atoms with van der Waals surface area (Å²) in [6.07, 6.45) is 3.47. The minimum Gasteiger partial charge on any atom is -0.489 e. The number of carbonyl (C=O) groups is 1. The first-order valence-electron chi connectivity index (χ1n) is 8.89. The Balaban J connectivity index is 1.39. The zero-order valence-electron chi connectivity index (χ0n) is 15.2. The molecule has 146 valence electrons. The summed E-state index contributed by atoms with van der Waals surface area (Å²) in [6, 6.07) is 13.7. The van der Waals surface area contributed by atoms with Crippen molar-refractivity contribution in [1.82, 2.24) is 20.3 Å². The van der Waals surface area contributed by atoms with Crippen LogP contribution >= 0.6 is 12.2 Å². The lowest BCUT2D eigenvalue weighted by Crippen LogP contribution is -2.23. The van der Waals surface area contributed by atoms with E-state index in [1.807, 2.05) is 36.4 Å². The number of benzene rings is 2. The summed E-state index contributed by atoms with van der Waals surface area (Å²) in [5.74, 6) is -0.185.